The number of piperazine rings is 1. The maximum atomic E-state index is 6.10. The maximum Gasteiger partial charge on any atom is 0.0603 e. The van der Waals surface area contributed by atoms with Gasteiger partial charge in [-0.3, -0.25) is 4.90 Å². The summed E-state index contributed by atoms with van der Waals surface area (Å²) in [6, 6.07) is 6.32. The van der Waals surface area contributed by atoms with Crippen molar-refractivity contribution in [1.29, 1.82) is 0 Å². The van der Waals surface area contributed by atoms with Gasteiger partial charge in [0.1, 0.15) is 0 Å². The Labute approximate surface area is 117 Å². The van der Waals surface area contributed by atoms with Crippen LogP contribution in [0.5, 0.6) is 0 Å². The van der Waals surface area contributed by atoms with Crippen LogP contribution < -0.4 is 10.6 Å². The van der Waals surface area contributed by atoms with E-state index in [9.17, 15) is 0 Å². The van der Waals surface area contributed by atoms with Crippen molar-refractivity contribution in [2.75, 3.05) is 43.4 Å². The summed E-state index contributed by atoms with van der Waals surface area (Å²) in [6.07, 6.45) is 3.99. The molecule has 1 saturated heterocycles. The summed E-state index contributed by atoms with van der Waals surface area (Å²) in [6.45, 7) is 10.2. The van der Waals surface area contributed by atoms with Crippen LogP contribution in [0, 0.1) is 6.92 Å². The zero-order valence-corrected chi connectivity index (χ0v) is 12.4. The molecule has 1 heterocycles. The van der Waals surface area contributed by atoms with E-state index in [-0.39, 0.29) is 0 Å². The van der Waals surface area contributed by atoms with Crippen LogP contribution in [0.4, 0.5) is 11.4 Å². The predicted molar refractivity (Wildman–Crippen MR) is 83.8 cm³/mol. The molecular formula is C16H27N3. The normalized spacial score (nSPS) is 16.8. The number of nitrogens with two attached hydrogens (primary N) is 1. The van der Waals surface area contributed by atoms with Crippen LogP contribution in [-0.2, 0) is 0 Å². The highest BCUT2D eigenvalue weighted by Gasteiger charge is 2.18. The molecule has 0 aliphatic carbocycles. The fourth-order valence-corrected chi connectivity index (χ4v) is 2.73. The second-order valence-electron chi connectivity index (χ2n) is 5.60. The second-order valence-corrected chi connectivity index (χ2v) is 5.60. The van der Waals surface area contributed by atoms with Crippen molar-refractivity contribution < 1.29 is 0 Å². The second kappa shape index (κ2) is 6.80. The van der Waals surface area contributed by atoms with E-state index in [1.807, 2.05) is 6.07 Å². The summed E-state index contributed by atoms with van der Waals surface area (Å²) in [5.41, 5.74) is 9.51. The molecule has 1 aliphatic heterocycles. The number of nitrogen functional groups attached to an aromatic ring is 1. The molecule has 2 rings (SSSR count). The molecule has 0 aromatic heterocycles. The highest BCUT2D eigenvalue weighted by atomic mass is 15.3. The van der Waals surface area contributed by atoms with Crippen molar-refractivity contribution in [3.63, 3.8) is 0 Å². The van der Waals surface area contributed by atoms with E-state index in [2.05, 4.69) is 35.8 Å². The Hall–Kier alpha value is -1.22. The van der Waals surface area contributed by atoms with E-state index in [1.54, 1.807) is 0 Å². The largest absolute Gasteiger partial charge is 0.397 e. The summed E-state index contributed by atoms with van der Waals surface area (Å²) >= 11 is 0. The van der Waals surface area contributed by atoms with E-state index in [4.69, 9.17) is 5.73 Å². The van der Waals surface area contributed by atoms with E-state index >= 15 is 0 Å². The summed E-state index contributed by atoms with van der Waals surface area (Å²) in [7, 11) is 0. The van der Waals surface area contributed by atoms with E-state index in [0.717, 1.165) is 31.9 Å². The summed E-state index contributed by atoms with van der Waals surface area (Å²) in [4.78, 5) is 5.01. The molecule has 0 spiro atoms. The molecule has 1 aromatic carbocycles. The molecule has 0 saturated carbocycles. The number of hydrogen-bond acceptors (Lipinski definition) is 3. The number of nitrogens with zero attached hydrogens (tertiary/aromatic N) is 2. The highest BCUT2D eigenvalue weighted by Crippen LogP contribution is 2.25. The lowest BCUT2D eigenvalue weighted by atomic mass is 10.1. The average molecular weight is 261 g/mol. The molecule has 0 amide bonds. The van der Waals surface area contributed by atoms with Gasteiger partial charge in [0.25, 0.3) is 0 Å². The first-order valence-electron chi connectivity index (χ1n) is 7.54. The molecule has 2 N–H and O–H groups in total. The third-order valence-electron chi connectivity index (χ3n) is 3.98. The Morgan fingerprint density at radius 2 is 1.84 bits per heavy atom. The van der Waals surface area contributed by atoms with Crippen LogP contribution in [0.25, 0.3) is 0 Å². The van der Waals surface area contributed by atoms with Crippen LogP contribution in [0.2, 0.25) is 0 Å². The topological polar surface area (TPSA) is 32.5 Å². The van der Waals surface area contributed by atoms with Gasteiger partial charge in [-0.15, -0.1) is 0 Å². The zero-order valence-electron chi connectivity index (χ0n) is 12.4. The minimum absolute atomic E-state index is 0.907. The van der Waals surface area contributed by atoms with Gasteiger partial charge in [0.05, 0.1) is 11.4 Å². The van der Waals surface area contributed by atoms with Gasteiger partial charge >= 0.3 is 0 Å². The lowest BCUT2D eigenvalue weighted by Gasteiger charge is -2.36. The monoisotopic (exact) mass is 261 g/mol. The Morgan fingerprint density at radius 1 is 1.11 bits per heavy atom. The molecule has 0 bridgehead atoms. The van der Waals surface area contributed by atoms with Crippen molar-refractivity contribution in [2.24, 2.45) is 0 Å². The van der Waals surface area contributed by atoms with E-state index in [0.29, 0.717) is 0 Å². The summed E-state index contributed by atoms with van der Waals surface area (Å²) in [5.74, 6) is 0. The Kier molecular flexibility index (Phi) is 5.08. The molecule has 1 aromatic rings. The first-order valence-corrected chi connectivity index (χ1v) is 7.54. The molecule has 1 fully saturated rings. The van der Waals surface area contributed by atoms with E-state index < -0.39 is 0 Å². The SMILES string of the molecule is CCCCCN1CCN(c2cc(C)ccc2N)CC1. The van der Waals surface area contributed by atoms with Gasteiger partial charge in [-0.05, 0) is 37.6 Å². The number of aryl methyl sites for hydroxylation is 1. The minimum Gasteiger partial charge on any atom is -0.397 e. The average Bonchev–Trinajstić information content (AvgIpc) is 2.43. The van der Waals surface area contributed by atoms with Crippen LogP contribution in [-0.4, -0.2) is 37.6 Å². The maximum absolute atomic E-state index is 6.10. The summed E-state index contributed by atoms with van der Waals surface area (Å²) < 4.78 is 0. The van der Waals surface area contributed by atoms with Crippen LogP contribution in [0.15, 0.2) is 18.2 Å². The molecule has 19 heavy (non-hydrogen) atoms. The summed E-state index contributed by atoms with van der Waals surface area (Å²) in [5, 5.41) is 0. The Bertz CT molecular complexity index is 395. The lowest BCUT2D eigenvalue weighted by Crippen LogP contribution is -2.46. The number of anilines is 2. The fourth-order valence-electron chi connectivity index (χ4n) is 2.73. The van der Waals surface area contributed by atoms with Crippen molar-refractivity contribution >= 4 is 11.4 Å². The highest BCUT2D eigenvalue weighted by molar-refractivity contribution is 5.68. The van der Waals surface area contributed by atoms with Crippen molar-refractivity contribution in [3.05, 3.63) is 23.8 Å². The van der Waals surface area contributed by atoms with Crippen molar-refractivity contribution in [3.8, 4) is 0 Å². The molecule has 3 nitrogen and oxygen atoms in total. The predicted octanol–water partition coefficient (Wildman–Crippen LogP) is 2.89. The number of hydrogen-bond donors (Lipinski definition) is 1. The minimum atomic E-state index is 0.907. The molecule has 0 unspecified atom stereocenters. The molecule has 1 aliphatic rings. The molecule has 3 heteroatoms. The van der Waals surface area contributed by atoms with Gasteiger partial charge < -0.3 is 10.6 Å². The van der Waals surface area contributed by atoms with Crippen molar-refractivity contribution in [1.82, 2.24) is 4.90 Å². The molecule has 0 radical (unpaired) electrons. The molecular weight excluding hydrogens is 234 g/mol. The zero-order chi connectivity index (χ0) is 13.7. The quantitative estimate of drug-likeness (QED) is 0.653. The smallest absolute Gasteiger partial charge is 0.0603 e. The first-order chi connectivity index (χ1) is 9.20. The number of benzene rings is 1. The number of rotatable bonds is 5. The standard InChI is InChI=1S/C16H27N3/c1-3-4-5-8-18-9-11-19(12-10-18)16-13-14(2)6-7-15(16)17/h6-7,13H,3-5,8-12,17H2,1-2H3. The first kappa shape index (κ1) is 14.2. The van der Waals surface area contributed by atoms with Crippen LogP contribution in [0.3, 0.4) is 0 Å². The third kappa shape index (κ3) is 3.87. The van der Waals surface area contributed by atoms with Gasteiger partial charge in [0, 0.05) is 26.2 Å². The van der Waals surface area contributed by atoms with E-state index in [1.165, 1.54) is 37.1 Å². The van der Waals surface area contributed by atoms with Crippen LogP contribution >= 0.6 is 0 Å². The Morgan fingerprint density at radius 3 is 2.53 bits per heavy atom. The van der Waals surface area contributed by atoms with Crippen LogP contribution in [0.1, 0.15) is 31.7 Å². The molecule has 106 valence electrons. The fraction of sp³-hybridized carbons (Fsp3) is 0.625. The third-order valence-corrected chi connectivity index (χ3v) is 3.98. The lowest BCUT2D eigenvalue weighted by molar-refractivity contribution is 0.253. The Balaban J connectivity index is 1.87. The van der Waals surface area contributed by atoms with Gasteiger partial charge in [-0.1, -0.05) is 25.8 Å². The van der Waals surface area contributed by atoms with Gasteiger partial charge in [-0.2, -0.15) is 0 Å². The van der Waals surface area contributed by atoms with Gasteiger partial charge in [-0.25, -0.2) is 0 Å². The van der Waals surface area contributed by atoms with Gasteiger partial charge in [0.2, 0.25) is 0 Å². The van der Waals surface area contributed by atoms with Gasteiger partial charge in [0.15, 0.2) is 0 Å². The molecule has 0 atom stereocenters. The number of unbranched alkanes of at least 4 members (excludes halogenated alkanes) is 2. The van der Waals surface area contributed by atoms with Crippen molar-refractivity contribution in [2.45, 2.75) is 33.1 Å².